The van der Waals surface area contributed by atoms with Gasteiger partial charge in [0.25, 0.3) is 0 Å². The van der Waals surface area contributed by atoms with E-state index in [0.717, 1.165) is 39.2 Å². The van der Waals surface area contributed by atoms with Gasteiger partial charge >= 0.3 is 0 Å². The van der Waals surface area contributed by atoms with Gasteiger partial charge < -0.3 is 15.4 Å². The van der Waals surface area contributed by atoms with Crippen LogP contribution in [0, 0.1) is 6.92 Å². The Kier molecular flexibility index (Phi) is 4.98. The summed E-state index contributed by atoms with van der Waals surface area (Å²) in [6, 6.07) is 8.52. The maximum absolute atomic E-state index is 5.65. The minimum absolute atomic E-state index is 0.383. The van der Waals surface area contributed by atoms with Gasteiger partial charge in [0.15, 0.2) is 0 Å². The van der Waals surface area contributed by atoms with Crippen molar-refractivity contribution in [3.8, 4) is 0 Å². The number of nitrogens with one attached hydrogen (secondary N) is 2. The second-order valence-corrected chi connectivity index (χ2v) is 4.59. The van der Waals surface area contributed by atoms with Gasteiger partial charge in [0.05, 0.1) is 12.7 Å². The monoisotopic (exact) mass is 234 g/mol. The Morgan fingerprint density at radius 1 is 1.41 bits per heavy atom. The zero-order valence-corrected chi connectivity index (χ0v) is 10.5. The Morgan fingerprint density at radius 2 is 2.29 bits per heavy atom. The molecule has 2 rings (SSSR count). The Bertz CT molecular complexity index is 335. The molecule has 1 aliphatic rings. The molecule has 0 bridgehead atoms. The number of rotatable bonds is 5. The predicted octanol–water partition coefficient (Wildman–Crippen LogP) is 1.46. The lowest BCUT2D eigenvalue weighted by Gasteiger charge is -2.23. The molecule has 1 aliphatic heterocycles. The second kappa shape index (κ2) is 6.74. The smallest absolute Gasteiger partial charge is 0.0712 e. The molecule has 0 aromatic heterocycles. The van der Waals surface area contributed by atoms with Crippen molar-refractivity contribution in [2.45, 2.75) is 26.0 Å². The van der Waals surface area contributed by atoms with Crippen LogP contribution < -0.4 is 10.6 Å². The topological polar surface area (TPSA) is 33.3 Å². The van der Waals surface area contributed by atoms with E-state index >= 15 is 0 Å². The third-order valence-electron chi connectivity index (χ3n) is 3.22. The van der Waals surface area contributed by atoms with E-state index in [1.807, 2.05) is 0 Å². The molecule has 0 spiro atoms. The number of morpholine rings is 1. The highest BCUT2D eigenvalue weighted by Gasteiger charge is 2.12. The zero-order valence-electron chi connectivity index (χ0n) is 10.5. The number of aryl methyl sites for hydroxylation is 1. The van der Waals surface area contributed by atoms with Gasteiger partial charge in [-0.1, -0.05) is 24.3 Å². The normalized spacial score (nSPS) is 20.4. The highest BCUT2D eigenvalue weighted by Crippen LogP contribution is 2.06. The Morgan fingerprint density at radius 3 is 3.06 bits per heavy atom. The third kappa shape index (κ3) is 4.11. The van der Waals surface area contributed by atoms with Gasteiger partial charge in [0.1, 0.15) is 0 Å². The Balaban J connectivity index is 1.64. The van der Waals surface area contributed by atoms with Crippen molar-refractivity contribution < 1.29 is 4.74 Å². The van der Waals surface area contributed by atoms with Gasteiger partial charge in [-0.3, -0.25) is 0 Å². The van der Waals surface area contributed by atoms with Gasteiger partial charge in [-0.25, -0.2) is 0 Å². The third-order valence-corrected chi connectivity index (χ3v) is 3.22. The van der Waals surface area contributed by atoms with E-state index in [-0.39, 0.29) is 0 Å². The second-order valence-electron chi connectivity index (χ2n) is 4.59. The SMILES string of the molecule is Cc1ccccc1CNCCC1CNCCO1. The quantitative estimate of drug-likeness (QED) is 0.757. The summed E-state index contributed by atoms with van der Waals surface area (Å²) in [4.78, 5) is 0. The molecule has 1 saturated heterocycles. The molecule has 1 aromatic rings. The molecule has 0 saturated carbocycles. The van der Waals surface area contributed by atoms with Crippen LogP contribution in [0.3, 0.4) is 0 Å². The van der Waals surface area contributed by atoms with Gasteiger partial charge in [0, 0.05) is 19.6 Å². The molecule has 0 aliphatic carbocycles. The molecule has 0 radical (unpaired) electrons. The fourth-order valence-corrected chi connectivity index (χ4v) is 2.10. The van der Waals surface area contributed by atoms with Crippen LogP contribution in [0.2, 0.25) is 0 Å². The van der Waals surface area contributed by atoms with Crippen LogP contribution in [0.25, 0.3) is 0 Å². The molecule has 1 fully saturated rings. The lowest BCUT2D eigenvalue weighted by Crippen LogP contribution is -2.39. The molecule has 1 unspecified atom stereocenters. The molecule has 3 heteroatoms. The van der Waals surface area contributed by atoms with Crippen LogP contribution in [-0.4, -0.2) is 32.3 Å². The van der Waals surface area contributed by atoms with E-state index in [9.17, 15) is 0 Å². The van der Waals surface area contributed by atoms with Gasteiger partial charge in [0.2, 0.25) is 0 Å². The summed E-state index contributed by atoms with van der Waals surface area (Å²) < 4.78 is 5.65. The predicted molar refractivity (Wildman–Crippen MR) is 70.1 cm³/mol. The van der Waals surface area contributed by atoms with E-state index in [1.165, 1.54) is 11.1 Å². The largest absolute Gasteiger partial charge is 0.376 e. The number of hydrogen-bond donors (Lipinski definition) is 2. The van der Waals surface area contributed by atoms with Crippen LogP contribution in [0.5, 0.6) is 0 Å². The van der Waals surface area contributed by atoms with Crippen molar-refractivity contribution >= 4 is 0 Å². The molecule has 17 heavy (non-hydrogen) atoms. The molecular formula is C14H22N2O. The number of ether oxygens (including phenoxy) is 1. The first kappa shape index (κ1) is 12.6. The van der Waals surface area contributed by atoms with Gasteiger partial charge in [-0.2, -0.15) is 0 Å². The summed E-state index contributed by atoms with van der Waals surface area (Å²) >= 11 is 0. The van der Waals surface area contributed by atoms with E-state index in [2.05, 4.69) is 41.8 Å². The van der Waals surface area contributed by atoms with Gasteiger partial charge in [-0.15, -0.1) is 0 Å². The zero-order chi connectivity index (χ0) is 11.9. The average Bonchev–Trinajstić information content (AvgIpc) is 2.38. The van der Waals surface area contributed by atoms with Crippen molar-refractivity contribution in [3.63, 3.8) is 0 Å². The maximum Gasteiger partial charge on any atom is 0.0712 e. The lowest BCUT2D eigenvalue weighted by molar-refractivity contribution is 0.0238. The van der Waals surface area contributed by atoms with Crippen LogP contribution in [-0.2, 0) is 11.3 Å². The summed E-state index contributed by atoms with van der Waals surface area (Å²) in [5, 5.41) is 6.83. The van der Waals surface area contributed by atoms with E-state index in [1.54, 1.807) is 0 Å². The van der Waals surface area contributed by atoms with Crippen molar-refractivity contribution in [1.29, 1.82) is 0 Å². The highest BCUT2D eigenvalue weighted by atomic mass is 16.5. The molecule has 94 valence electrons. The highest BCUT2D eigenvalue weighted by molar-refractivity contribution is 5.25. The van der Waals surface area contributed by atoms with Crippen molar-refractivity contribution in [3.05, 3.63) is 35.4 Å². The minimum Gasteiger partial charge on any atom is -0.376 e. The summed E-state index contributed by atoms with van der Waals surface area (Å²) in [6.45, 7) is 6.96. The summed E-state index contributed by atoms with van der Waals surface area (Å²) in [5.41, 5.74) is 2.74. The first-order valence-electron chi connectivity index (χ1n) is 6.44. The first-order valence-corrected chi connectivity index (χ1v) is 6.44. The minimum atomic E-state index is 0.383. The summed E-state index contributed by atoms with van der Waals surface area (Å²) in [6.07, 6.45) is 1.46. The summed E-state index contributed by atoms with van der Waals surface area (Å²) in [7, 11) is 0. The number of benzene rings is 1. The molecular weight excluding hydrogens is 212 g/mol. The van der Waals surface area contributed by atoms with Crippen molar-refractivity contribution in [2.75, 3.05) is 26.2 Å². The van der Waals surface area contributed by atoms with E-state index in [4.69, 9.17) is 4.74 Å². The fraction of sp³-hybridized carbons (Fsp3) is 0.571. The number of hydrogen-bond acceptors (Lipinski definition) is 3. The van der Waals surface area contributed by atoms with Crippen LogP contribution in [0.1, 0.15) is 17.5 Å². The van der Waals surface area contributed by atoms with Crippen molar-refractivity contribution in [1.82, 2.24) is 10.6 Å². The average molecular weight is 234 g/mol. The molecule has 3 nitrogen and oxygen atoms in total. The van der Waals surface area contributed by atoms with E-state index < -0.39 is 0 Å². The molecule has 1 heterocycles. The molecule has 1 atom stereocenters. The molecule has 2 N–H and O–H groups in total. The van der Waals surface area contributed by atoms with Gasteiger partial charge in [-0.05, 0) is 31.0 Å². The summed E-state index contributed by atoms with van der Waals surface area (Å²) in [5.74, 6) is 0. The molecule has 0 amide bonds. The van der Waals surface area contributed by atoms with Crippen LogP contribution in [0.15, 0.2) is 24.3 Å². The van der Waals surface area contributed by atoms with Crippen LogP contribution in [0.4, 0.5) is 0 Å². The van der Waals surface area contributed by atoms with Crippen molar-refractivity contribution in [2.24, 2.45) is 0 Å². The Hall–Kier alpha value is -0.900. The van der Waals surface area contributed by atoms with Crippen LogP contribution >= 0.6 is 0 Å². The molecule has 1 aromatic carbocycles. The maximum atomic E-state index is 5.65. The lowest BCUT2D eigenvalue weighted by atomic mass is 10.1. The fourth-order valence-electron chi connectivity index (χ4n) is 2.10. The first-order chi connectivity index (χ1) is 8.36. The van der Waals surface area contributed by atoms with E-state index in [0.29, 0.717) is 6.10 Å². The standard InChI is InChI=1S/C14H22N2O/c1-12-4-2-3-5-13(12)10-15-7-6-14-11-16-8-9-17-14/h2-5,14-16H,6-11H2,1H3. The Labute approximate surface area is 104 Å².